The number of anilines is 2. The summed E-state index contributed by atoms with van der Waals surface area (Å²) in [6.45, 7) is 3.85. The molecule has 1 aromatic rings. The van der Waals surface area contributed by atoms with Gasteiger partial charge in [0.2, 0.25) is 0 Å². The van der Waals surface area contributed by atoms with Crippen molar-refractivity contribution in [1.82, 2.24) is 4.37 Å². The molecule has 1 saturated heterocycles. The fourth-order valence-corrected chi connectivity index (χ4v) is 4.17. The highest BCUT2D eigenvalue weighted by Gasteiger charge is 2.25. The van der Waals surface area contributed by atoms with Crippen molar-refractivity contribution in [1.29, 1.82) is 0 Å². The van der Waals surface area contributed by atoms with Crippen LogP contribution in [0.2, 0.25) is 0 Å². The van der Waals surface area contributed by atoms with Gasteiger partial charge in [0.05, 0.1) is 17.6 Å². The molecule has 108 valence electrons. The van der Waals surface area contributed by atoms with Crippen molar-refractivity contribution in [3.63, 3.8) is 0 Å². The van der Waals surface area contributed by atoms with Gasteiger partial charge >= 0.3 is 0 Å². The minimum atomic E-state index is -2.84. The summed E-state index contributed by atoms with van der Waals surface area (Å²) >= 11 is 1.25. The SMILES string of the molecule is CC(C)Oc1c(N)nsc1NC1CCS(=O)(=O)CC1. The van der Waals surface area contributed by atoms with Gasteiger partial charge in [0.15, 0.2) is 16.6 Å². The Morgan fingerprint density at radius 2 is 2.05 bits per heavy atom. The second-order valence-electron chi connectivity index (χ2n) is 4.96. The minimum Gasteiger partial charge on any atom is -0.484 e. The summed E-state index contributed by atoms with van der Waals surface area (Å²) in [4.78, 5) is 0. The predicted molar refractivity (Wildman–Crippen MR) is 77.6 cm³/mol. The van der Waals surface area contributed by atoms with Crippen LogP contribution in [0.4, 0.5) is 10.8 Å². The number of hydrogen-bond acceptors (Lipinski definition) is 7. The van der Waals surface area contributed by atoms with E-state index in [0.29, 0.717) is 24.4 Å². The van der Waals surface area contributed by atoms with Crippen LogP contribution >= 0.6 is 11.5 Å². The van der Waals surface area contributed by atoms with Gasteiger partial charge in [-0.3, -0.25) is 0 Å². The van der Waals surface area contributed by atoms with Gasteiger partial charge in [-0.1, -0.05) is 0 Å². The number of rotatable bonds is 4. The standard InChI is InChI=1S/C11H19N3O3S2/c1-7(2)17-9-10(12)14-18-11(9)13-8-3-5-19(15,16)6-4-8/h7-8,13H,3-6H2,1-2H3,(H2,12,14). The zero-order chi connectivity index (χ0) is 14.0. The second kappa shape index (κ2) is 5.54. The maximum Gasteiger partial charge on any atom is 0.197 e. The lowest BCUT2D eigenvalue weighted by atomic mass is 10.1. The van der Waals surface area contributed by atoms with Crippen LogP contribution in [-0.4, -0.2) is 36.4 Å². The molecule has 0 atom stereocenters. The van der Waals surface area contributed by atoms with E-state index in [2.05, 4.69) is 9.69 Å². The van der Waals surface area contributed by atoms with E-state index < -0.39 is 9.84 Å². The topological polar surface area (TPSA) is 94.3 Å². The predicted octanol–water partition coefficient (Wildman–Crippen LogP) is 1.50. The Balaban J connectivity index is 2.04. The average Bonchev–Trinajstić information content (AvgIpc) is 2.64. The van der Waals surface area contributed by atoms with Crippen molar-refractivity contribution in [2.75, 3.05) is 22.6 Å². The molecule has 1 aliphatic rings. The Bertz CT molecular complexity index is 525. The number of sulfone groups is 1. The number of aromatic nitrogens is 1. The molecule has 0 spiro atoms. The Kier molecular flexibility index (Phi) is 4.19. The maximum atomic E-state index is 11.4. The van der Waals surface area contributed by atoms with E-state index in [1.165, 1.54) is 11.5 Å². The summed E-state index contributed by atoms with van der Waals surface area (Å²) in [5.74, 6) is 1.43. The van der Waals surface area contributed by atoms with Crippen molar-refractivity contribution >= 4 is 32.2 Å². The molecular weight excluding hydrogens is 286 g/mol. The van der Waals surface area contributed by atoms with Gasteiger partial charge in [-0.15, -0.1) is 0 Å². The average molecular weight is 305 g/mol. The van der Waals surface area contributed by atoms with Crippen LogP contribution in [0.3, 0.4) is 0 Å². The first kappa shape index (κ1) is 14.4. The zero-order valence-corrected chi connectivity index (χ0v) is 12.7. The molecule has 1 aliphatic heterocycles. The quantitative estimate of drug-likeness (QED) is 0.875. The largest absolute Gasteiger partial charge is 0.484 e. The lowest BCUT2D eigenvalue weighted by Crippen LogP contribution is -2.32. The van der Waals surface area contributed by atoms with Gasteiger partial charge in [-0.2, -0.15) is 4.37 Å². The molecule has 0 saturated carbocycles. The van der Waals surface area contributed by atoms with Crippen molar-refractivity contribution in [2.45, 2.75) is 38.8 Å². The van der Waals surface area contributed by atoms with E-state index in [1.807, 2.05) is 13.8 Å². The molecule has 0 bridgehead atoms. The van der Waals surface area contributed by atoms with Gasteiger partial charge in [0, 0.05) is 6.04 Å². The van der Waals surface area contributed by atoms with Gasteiger partial charge in [-0.05, 0) is 38.2 Å². The van der Waals surface area contributed by atoms with Gasteiger partial charge < -0.3 is 15.8 Å². The molecule has 0 aromatic carbocycles. The first-order chi connectivity index (χ1) is 8.87. The van der Waals surface area contributed by atoms with Gasteiger partial charge in [0.25, 0.3) is 0 Å². The smallest absolute Gasteiger partial charge is 0.197 e. The Morgan fingerprint density at radius 1 is 1.42 bits per heavy atom. The molecule has 0 unspecified atom stereocenters. The van der Waals surface area contributed by atoms with Crippen LogP contribution in [0.25, 0.3) is 0 Å². The van der Waals surface area contributed by atoms with Crippen LogP contribution in [0, 0.1) is 0 Å². The van der Waals surface area contributed by atoms with E-state index in [1.54, 1.807) is 0 Å². The number of nitrogens with two attached hydrogens (primary N) is 1. The summed E-state index contributed by atoms with van der Waals surface area (Å²) < 4.78 is 32.5. The van der Waals surface area contributed by atoms with Crippen LogP contribution < -0.4 is 15.8 Å². The van der Waals surface area contributed by atoms with Gasteiger partial charge in [0.1, 0.15) is 9.84 Å². The third-order valence-corrected chi connectivity index (χ3v) is 5.41. The number of ether oxygens (including phenoxy) is 1. The number of nitrogens with zero attached hydrogens (tertiary/aromatic N) is 1. The van der Waals surface area contributed by atoms with E-state index in [-0.39, 0.29) is 23.7 Å². The molecule has 1 fully saturated rings. The monoisotopic (exact) mass is 305 g/mol. The minimum absolute atomic E-state index is 0.0194. The van der Waals surface area contributed by atoms with Crippen molar-refractivity contribution in [3.05, 3.63) is 0 Å². The first-order valence-corrected chi connectivity index (χ1v) is 8.85. The Hall–Kier alpha value is -1.02. The first-order valence-electron chi connectivity index (χ1n) is 6.26. The van der Waals surface area contributed by atoms with Crippen LogP contribution in [-0.2, 0) is 9.84 Å². The van der Waals surface area contributed by atoms with E-state index in [9.17, 15) is 8.42 Å². The summed E-state index contributed by atoms with van der Waals surface area (Å²) in [5.41, 5.74) is 5.78. The normalized spacial score (nSPS) is 19.5. The molecular formula is C11H19N3O3S2. The highest BCUT2D eigenvalue weighted by molar-refractivity contribution is 7.91. The van der Waals surface area contributed by atoms with Crippen LogP contribution in [0.5, 0.6) is 5.75 Å². The van der Waals surface area contributed by atoms with E-state index in [0.717, 1.165) is 5.00 Å². The van der Waals surface area contributed by atoms with Crippen molar-refractivity contribution in [2.24, 2.45) is 0 Å². The second-order valence-corrected chi connectivity index (χ2v) is 8.04. The summed E-state index contributed by atoms with van der Waals surface area (Å²) in [6, 6.07) is 0.137. The molecule has 1 aromatic heterocycles. The lowest BCUT2D eigenvalue weighted by Gasteiger charge is -2.23. The molecule has 8 heteroatoms. The van der Waals surface area contributed by atoms with E-state index >= 15 is 0 Å². The van der Waals surface area contributed by atoms with Crippen LogP contribution in [0.1, 0.15) is 26.7 Å². The maximum absolute atomic E-state index is 11.4. The molecule has 2 heterocycles. The Labute approximate surface area is 117 Å². The third kappa shape index (κ3) is 3.73. The fraction of sp³-hybridized carbons (Fsp3) is 0.727. The molecule has 0 amide bonds. The number of hydrogen-bond donors (Lipinski definition) is 2. The summed E-state index contributed by atoms with van der Waals surface area (Å²) in [6.07, 6.45) is 1.24. The van der Waals surface area contributed by atoms with E-state index in [4.69, 9.17) is 10.5 Å². The van der Waals surface area contributed by atoms with Crippen LogP contribution in [0.15, 0.2) is 0 Å². The van der Waals surface area contributed by atoms with Crippen molar-refractivity contribution < 1.29 is 13.2 Å². The number of nitrogens with one attached hydrogen (secondary N) is 1. The molecule has 0 aliphatic carbocycles. The number of nitrogen functional groups attached to an aromatic ring is 1. The molecule has 3 N–H and O–H groups in total. The van der Waals surface area contributed by atoms with Crippen molar-refractivity contribution in [3.8, 4) is 5.75 Å². The summed E-state index contributed by atoms with van der Waals surface area (Å²) in [5, 5.41) is 4.09. The van der Waals surface area contributed by atoms with Gasteiger partial charge in [-0.25, -0.2) is 8.42 Å². The molecule has 2 rings (SSSR count). The molecule has 0 radical (unpaired) electrons. The highest BCUT2D eigenvalue weighted by Crippen LogP contribution is 2.37. The highest BCUT2D eigenvalue weighted by atomic mass is 32.2. The molecule has 6 nitrogen and oxygen atoms in total. The third-order valence-electron chi connectivity index (χ3n) is 2.92. The lowest BCUT2D eigenvalue weighted by molar-refractivity contribution is 0.245. The summed E-state index contributed by atoms with van der Waals surface area (Å²) in [7, 11) is -2.84. The fourth-order valence-electron chi connectivity index (χ4n) is 1.96. The Morgan fingerprint density at radius 3 is 2.63 bits per heavy atom. The zero-order valence-electron chi connectivity index (χ0n) is 11.0. The molecule has 19 heavy (non-hydrogen) atoms.